The van der Waals surface area contributed by atoms with E-state index in [-0.39, 0.29) is 44.2 Å². The summed E-state index contributed by atoms with van der Waals surface area (Å²) in [5, 5.41) is 20.0. The Morgan fingerprint density at radius 2 is 0.871 bits per heavy atom. The number of carbonyl (C=O) groups is 2. The molecule has 0 saturated carbocycles. The first-order valence-corrected chi connectivity index (χ1v) is 16.1. The molecule has 0 amide bonds. The number of hydrogen-bond acceptors (Lipinski definition) is 4. The van der Waals surface area contributed by atoms with Crippen LogP contribution < -0.4 is 10.2 Å². The van der Waals surface area contributed by atoms with Crippen LogP contribution in [-0.2, 0) is 9.59 Å². The van der Waals surface area contributed by atoms with Gasteiger partial charge in [-0.15, -0.1) is 11.5 Å². The normalized spacial score (nSPS) is 10.9. The molecule has 0 unspecified atom stereocenters. The Balaban J connectivity index is -0.000000460. The summed E-state index contributed by atoms with van der Waals surface area (Å²) in [7, 11) is 0. The first-order valence-electron chi connectivity index (χ1n) is 12.1. The van der Waals surface area contributed by atoms with Gasteiger partial charge in [0.15, 0.2) is 11.6 Å². The molecule has 0 aliphatic rings. The van der Waals surface area contributed by atoms with Crippen LogP contribution in [0, 0.1) is 0 Å². The average Bonchev–Trinajstić information content (AvgIpc) is 2.64. The van der Waals surface area contributed by atoms with Gasteiger partial charge in [0, 0.05) is 0 Å². The van der Waals surface area contributed by atoms with Crippen molar-refractivity contribution in [1.29, 1.82) is 0 Å². The molecule has 0 aromatic rings. The average molecular weight is 543 g/mol. The first kappa shape index (κ1) is 34.8. The quantitative estimate of drug-likeness (QED) is 0.105. The van der Waals surface area contributed by atoms with E-state index in [9.17, 15) is 19.8 Å². The van der Waals surface area contributed by atoms with Crippen molar-refractivity contribution in [2.45, 2.75) is 127 Å². The van der Waals surface area contributed by atoms with Crippen LogP contribution >= 0.6 is 0 Å². The molecule has 0 aliphatic carbocycles. The van der Waals surface area contributed by atoms with Gasteiger partial charge in [-0.1, -0.05) is 13.8 Å². The van der Waals surface area contributed by atoms with E-state index < -0.39 is 0 Å². The molecule has 0 aromatic heterocycles. The van der Waals surface area contributed by atoms with Gasteiger partial charge >= 0.3 is 121 Å². The number of unbranched alkanes of at least 4 members (excludes halogenated alkanes) is 10. The zero-order valence-corrected chi connectivity index (χ0v) is 24.0. The molecule has 180 valence electrons. The molecule has 0 atom stereocenters. The summed E-state index contributed by atoms with van der Waals surface area (Å²) in [6.45, 7) is 10.00. The fraction of sp³-hybridized carbons (Fsp3) is 0.769. The van der Waals surface area contributed by atoms with Gasteiger partial charge in [-0.2, -0.15) is 0 Å². The molecule has 0 rings (SSSR count). The molecule has 4 nitrogen and oxygen atoms in total. The molecule has 0 fully saturated rings. The molecule has 0 N–H and O–H groups in total. The summed E-state index contributed by atoms with van der Waals surface area (Å²) in [4.78, 5) is 20.0. The zero-order valence-electron chi connectivity index (χ0n) is 21.2. The Kier molecular flexibility index (Phi) is 32.8. The molecule has 0 heterocycles. The third-order valence-corrected chi connectivity index (χ3v) is 8.26. The topological polar surface area (TPSA) is 80.3 Å². The fourth-order valence-electron chi connectivity index (χ4n) is 2.76. The van der Waals surface area contributed by atoms with Crippen LogP contribution in [0.2, 0.25) is 8.87 Å². The van der Waals surface area contributed by atoms with Crippen LogP contribution in [0.5, 0.6) is 0 Å². The zero-order chi connectivity index (χ0) is 24.3. The maximum atomic E-state index is 9.98. The number of rotatable bonds is 16. The van der Waals surface area contributed by atoms with Crippen molar-refractivity contribution in [3.63, 3.8) is 0 Å². The molecule has 0 radical (unpaired) electrons. The summed E-state index contributed by atoms with van der Waals surface area (Å²) in [5.41, 5.74) is 0. The van der Waals surface area contributed by atoms with Gasteiger partial charge < -0.3 is 10.2 Å². The number of carbonyl (C=O) groups excluding carboxylic acids is 2. The van der Waals surface area contributed by atoms with E-state index in [2.05, 4.69) is 13.8 Å². The molecule has 0 aromatic carbocycles. The van der Waals surface area contributed by atoms with Crippen molar-refractivity contribution in [1.82, 2.24) is 0 Å². The Morgan fingerprint density at radius 3 is 1.10 bits per heavy atom. The summed E-state index contributed by atoms with van der Waals surface area (Å²) >= 11 is 0.0736. The summed E-state index contributed by atoms with van der Waals surface area (Å²) in [6.07, 6.45) is 19.9. The van der Waals surface area contributed by atoms with Crippen LogP contribution in [0.1, 0.15) is 119 Å². The Morgan fingerprint density at radius 1 is 0.581 bits per heavy atom. The second-order valence-corrected chi connectivity index (χ2v) is 12.3. The second kappa shape index (κ2) is 29.2. The van der Waals surface area contributed by atoms with E-state index in [1.165, 1.54) is 91.9 Å². The molecule has 5 heteroatoms. The van der Waals surface area contributed by atoms with Gasteiger partial charge in [-0.05, 0) is 26.0 Å². The van der Waals surface area contributed by atoms with Gasteiger partial charge in [0.05, 0.1) is 0 Å². The molecule has 0 spiro atoms. The minimum absolute atomic E-state index is 0.0736. The van der Waals surface area contributed by atoms with Crippen LogP contribution in [0.3, 0.4) is 0 Å². The van der Waals surface area contributed by atoms with Crippen LogP contribution in [0.4, 0.5) is 0 Å². The van der Waals surface area contributed by atoms with Crippen LogP contribution in [-0.4, -0.2) is 32.7 Å². The Labute approximate surface area is 203 Å². The van der Waals surface area contributed by atoms with Gasteiger partial charge in [-0.25, -0.2) is 0 Å². The Hall–Kier alpha value is -0.781. The van der Waals surface area contributed by atoms with Crippen molar-refractivity contribution in [3.05, 3.63) is 23.7 Å². The second-order valence-electron chi connectivity index (χ2n) is 8.02. The molecule has 0 bridgehead atoms. The summed E-state index contributed by atoms with van der Waals surface area (Å²) < 4.78 is 3.31. The van der Waals surface area contributed by atoms with E-state index in [0.717, 1.165) is 12.2 Å². The Bertz CT molecular complexity index is 420. The van der Waals surface area contributed by atoms with E-state index in [0.29, 0.717) is 0 Å². The van der Waals surface area contributed by atoms with Gasteiger partial charge in [0.25, 0.3) is 0 Å². The van der Waals surface area contributed by atoms with Gasteiger partial charge in [0.1, 0.15) is 0 Å². The molecular weight excluding hydrogens is 495 g/mol. The van der Waals surface area contributed by atoms with Crippen LogP contribution in [0.25, 0.3) is 0 Å². The van der Waals surface area contributed by atoms with Crippen molar-refractivity contribution in [3.8, 4) is 0 Å². The molecular formula is C26H48O4Sn. The first-order chi connectivity index (χ1) is 14.7. The van der Waals surface area contributed by atoms with Crippen molar-refractivity contribution in [2.75, 3.05) is 0 Å². The monoisotopic (exact) mass is 544 g/mol. The van der Waals surface area contributed by atoms with Gasteiger partial charge in [-0.3, -0.25) is 9.59 Å². The molecule has 0 saturated heterocycles. The number of ketones is 2. The third kappa shape index (κ3) is 48.1. The number of hydrogen-bond donors (Lipinski definition) is 0. The predicted molar refractivity (Wildman–Crippen MR) is 131 cm³/mol. The van der Waals surface area contributed by atoms with E-state index in [1.54, 1.807) is 21.7 Å². The van der Waals surface area contributed by atoms with E-state index >= 15 is 0 Å². The molecule has 31 heavy (non-hydrogen) atoms. The predicted octanol–water partition coefficient (Wildman–Crippen LogP) is 5.93. The third-order valence-electron chi connectivity index (χ3n) is 4.23. The van der Waals surface area contributed by atoms with E-state index in [4.69, 9.17) is 0 Å². The standard InChI is InChI=1S/2C8H17.2C5H8O2.Sn/c2*1-3-5-7-8-6-4-2;2*1-4(6)3-5(2)7;/h2*1,3-8H2,2H3;2*3,6H,1-2H3;/q;;;;+2/p-2/b;;2*4-3-;. The van der Waals surface area contributed by atoms with Crippen molar-refractivity contribution < 1.29 is 19.8 Å². The summed E-state index contributed by atoms with van der Waals surface area (Å²) in [5.74, 6) is -0.750. The van der Waals surface area contributed by atoms with Crippen molar-refractivity contribution in [2.24, 2.45) is 0 Å². The number of allylic oxidation sites excluding steroid dienone is 4. The van der Waals surface area contributed by atoms with Crippen molar-refractivity contribution >= 4 is 32.7 Å². The summed E-state index contributed by atoms with van der Waals surface area (Å²) in [6, 6.07) is 0. The molecule has 0 aliphatic heterocycles. The maximum absolute atomic E-state index is 9.98. The minimum atomic E-state index is -0.187. The van der Waals surface area contributed by atoms with E-state index in [1.807, 2.05) is 0 Å². The SMILES string of the molecule is CC(=O)/C=C(/C)[O-].CC(=O)/C=C(/C)[O-].CCCCCCC[CH2][Sn+2][CH2]CCCCCCC. The van der Waals surface area contributed by atoms with Crippen LogP contribution in [0.15, 0.2) is 23.7 Å². The van der Waals surface area contributed by atoms with Gasteiger partial charge in [0.2, 0.25) is 0 Å². The fourth-order valence-corrected chi connectivity index (χ4v) is 6.33.